The van der Waals surface area contributed by atoms with Gasteiger partial charge in [0.05, 0.1) is 35.6 Å². The third-order valence-electron chi connectivity index (χ3n) is 7.31. The maximum atomic E-state index is 14.0. The molecule has 1 aliphatic rings. The molecule has 9 heteroatoms. The van der Waals surface area contributed by atoms with Gasteiger partial charge in [0.15, 0.2) is 4.80 Å². The summed E-state index contributed by atoms with van der Waals surface area (Å²) in [6.45, 7) is 7.88. The Bertz CT molecular complexity index is 1840. The van der Waals surface area contributed by atoms with Crippen LogP contribution in [0.25, 0.3) is 11.8 Å². The maximum Gasteiger partial charge on any atom is 0.338 e. The number of carbonyl (C=O) groups excluding carboxylic acids is 1. The van der Waals surface area contributed by atoms with Crippen LogP contribution in [0.1, 0.15) is 42.4 Å². The first-order valence-corrected chi connectivity index (χ1v) is 14.3. The van der Waals surface area contributed by atoms with E-state index in [9.17, 15) is 9.59 Å². The number of nitrogens with zero attached hydrogens (tertiary/aromatic N) is 4. The number of anilines is 1. The van der Waals surface area contributed by atoms with Crippen molar-refractivity contribution in [2.24, 2.45) is 4.99 Å². The smallest absolute Gasteiger partial charge is 0.338 e. The molecule has 0 fully saturated rings. The molecule has 4 aromatic rings. The van der Waals surface area contributed by atoms with Gasteiger partial charge in [0.2, 0.25) is 0 Å². The minimum atomic E-state index is -0.690. The number of rotatable bonds is 7. The van der Waals surface area contributed by atoms with Crippen LogP contribution in [-0.4, -0.2) is 42.9 Å². The first kappa shape index (κ1) is 28.2. The molecule has 0 saturated heterocycles. The fraction of sp³-hybridized carbons (Fsp3) is 0.281. The van der Waals surface area contributed by atoms with Gasteiger partial charge in [0.1, 0.15) is 5.75 Å². The highest BCUT2D eigenvalue weighted by Crippen LogP contribution is 2.32. The molecule has 41 heavy (non-hydrogen) atoms. The van der Waals surface area contributed by atoms with Gasteiger partial charge in [0.25, 0.3) is 5.56 Å². The molecule has 5 rings (SSSR count). The highest BCUT2D eigenvalue weighted by atomic mass is 32.1. The van der Waals surface area contributed by atoms with Gasteiger partial charge in [-0.2, -0.15) is 0 Å². The molecule has 0 unspecified atom stereocenters. The molecular weight excluding hydrogens is 536 g/mol. The van der Waals surface area contributed by atoms with Gasteiger partial charge in [-0.15, -0.1) is 0 Å². The van der Waals surface area contributed by atoms with Crippen LogP contribution in [0.2, 0.25) is 0 Å². The lowest BCUT2D eigenvalue weighted by molar-refractivity contribution is -0.139. The van der Waals surface area contributed by atoms with E-state index in [2.05, 4.69) is 58.6 Å². The molecular formula is C32H34N4O4S. The Balaban J connectivity index is 1.66. The minimum Gasteiger partial charge on any atom is -0.497 e. The van der Waals surface area contributed by atoms with Gasteiger partial charge in [0, 0.05) is 36.9 Å². The number of esters is 1. The van der Waals surface area contributed by atoms with Gasteiger partial charge >= 0.3 is 5.97 Å². The summed E-state index contributed by atoms with van der Waals surface area (Å²) < 4.78 is 15.2. The van der Waals surface area contributed by atoms with Gasteiger partial charge in [-0.1, -0.05) is 23.5 Å². The lowest BCUT2D eigenvalue weighted by atomic mass is 9.95. The van der Waals surface area contributed by atoms with Crippen molar-refractivity contribution in [2.75, 3.05) is 32.7 Å². The number of ether oxygens (including phenoxy) is 2. The summed E-state index contributed by atoms with van der Waals surface area (Å²) in [5.41, 5.74) is 6.63. The Morgan fingerprint density at radius 3 is 2.49 bits per heavy atom. The number of aromatic nitrogens is 2. The molecule has 3 heterocycles. The van der Waals surface area contributed by atoms with Crippen molar-refractivity contribution >= 4 is 29.1 Å². The van der Waals surface area contributed by atoms with E-state index in [0.717, 1.165) is 33.9 Å². The fourth-order valence-corrected chi connectivity index (χ4v) is 6.33. The first-order chi connectivity index (χ1) is 19.6. The van der Waals surface area contributed by atoms with Crippen LogP contribution >= 0.6 is 11.3 Å². The zero-order valence-electron chi connectivity index (χ0n) is 24.4. The molecule has 0 radical (unpaired) electrons. The summed E-state index contributed by atoms with van der Waals surface area (Å²) in [4.78, 5) is 34.5. The number of aryl methyl sites for hydroxylation is 1. The predicted octanol–water partition coefficient (Wildman–Crippen LogP) is 4.28. The largest absolute Gasteiger partial charge is 0.497 e. The standard InChI is InChI=1S/C32H34N4O4S/c1-8-40-31(38)28-20(3)33-32-36(29(28)22-10-9-11-26(17-22)39-7)30(37)27(41-32)18-23-16-19(2)35(21(23)4)25-14-12-24(13-15-25)34(5)6/h9-18,29H,8H2,1-7H3/b27-18+/t29-/m1/s1. The number of allylic oxidation sites excluding steroid dienone is 1. The second kappa shape index (κ2) is 11.2. The van der Waals surface area contributed by atoms with E-state index in [4.69, 9.17) is 9.47 Å². The van der Waals surface area contributed by atoms with Gasteiger partial charge in [-0.3, -0.25) is 9.36 Å². The van der Waals surface area contributed by atoms with Crippen LogP contribution in [0.15, 0.2) is 75.7 Å². The lowest BCUT2D eigenvalue weighted by Crippen LogP contribution is -2.39. The number of hydrogen-bond acceptors (Lipinski definition) is 7. The third-order valence-corrected chi connectivity index (χ3v) is 8.29. The van der Waals surface area contributed by atoms with E-state index in [1.165, 1.54) is 11.3 Å². The van der Waals surface area contributed by atoms with E-state index >= 15 is 0 Å². The molecule has 0 saturated carbocycles. The summed E-state index contributed by atoms with van der Waals surface area (Å²) >= 11 is 1.32. The first-order valence-electron chi connectivity index (χ1n) is 13.4. The quantitative estimate of drug-likeness (QED) is 0.310. The molecule has 2 aromatic heterocycles. The van der Waals surface area contributed by atoms with Gasteiger partial charge < -0.3 is 18.9 Å². The Labute approximate surface area is 243 Å². The monoisotopic (exact) mass is 570 g/mol. The topological polar surface area (TPSA) is 78.1 Å². The van der Waals surface area contributed by atoms with Crippen molar-refractivity contribution in [1.29, 1.82) is 0 Å². The van der Waals surface area contributed by atoms with Crippen molar-refractivity contribution in [3.63, 3.8) is 0 Å². The summed E-state index contributed by atoms with van der Waals surface area (Å²) in [7, 11) is 5.63. The summed E-state index contributed by atoms with van der Waals surface area (Å²) in [5, 5.41) is 0. The minimum absolute atomic E-state index is 0.212. The average molecular weight is 571 g/mol. The van der Waals surface area contributed by atoms with E-state index in [1.807, 2.05) is 44.4 Å². The molecule has 0 aliphatic carbocycles. The third kappa shape index (κ3) is 5.13. The van der Waals surface area contributed by atoms with Crippen LogP contribution in [0.4, 0.5) is 5.69 Å². The summed E-state index contributed by atoms with van der Waals surface area (Å²) in [6, 6.07) is 17.2. The molecule has 1 atom stereocenters. The predicted molar refractivity (Wildman–Crippen MR) is 163 cm³/mol. The molecule has 2 aromatic carbocycles. The Morgan fingerprint density at radius 1 is 1.10 bits per heavy atom. The van der Waals surface area contributed by atoms with Crippen LogP contribution in [0.5, 0.6) is 5.75 Å². The second-order valence-corrected chi connectivity index (χ2v) is 11.2. The van der Waals surface area contributed by atoms with Crippen LogP contribution in [-0.2, 0) is 9.53 Å². The van der Waals surface area contributed by atoms with Crippen molar-refractivity contribution in [2.45, 2.75) is 33.7 Å². The van der Waals surface area contributed by atoms with Crippen LogP contribution < -0.4 is 24.5 Å². The molecule has 0 spiro atoms. The Morgan fingerprint density at radius 2 is 1.83 bits per heavy atom. The number of hydrogen-bond donors (Lipinski definition) is 0. The molecule has 8 nitrogen and oxygen atoms in total. The van der Waals surface area contributed by atoms with E-state index < -0.39 is 12.0 Å². The molecule has 1 aliphatic heterocycles. The second-order valence-electron chi connectivity index (χ2n) is 10.2. The normalized spacial score (nSPS) is 15.0. The molecule has 212 valence electrons. The van der Waals surface area contributed by atoms with Crippen LogP contribution in [0, 0.1) is 13.8 Å². The van der Waals surface area contributed by atoms with Gasteiger partial charge in [-0.25, -0.2) is 9.79 Å². The van der Waals surface area contributed by atoms with E-state index in [1.54, 1.807) is 25.5 Å². The van der Waals surface area contributed by atoms with Crippen molar-refractivity contribution < 1.29 is 14.3 Å². The molecule has 0 amide bonds. The van der Waals surface area contributed by atoms with Crippen molar-refractivity contribution in [3.8, 4) is 11.4 Å². The molecule has 0 N–H and O–H groups in total. The maximum absolute atomic E-state index is 14.0. The summed E-state index contributed by atoms with van der Waals surface area (Å²) in [6.07, 6.45) is 1.92. The SMILES string of the molecule is CCOC(=O)C1=C(C)N=c2s/c(=C/c3cc(C)n(-c4ccc(N(C)C)cc4)c3C)c(=O)n2[C@@H]1c1cccc(OC)c1. The summed E-state index contributed by atoms with van der Waals surface area (Å²) in [5.74, 6) is 0.147. The lowest BCUT2D eigenvalue weighted by Gasteiger charge is -2.25. The average Bonchev–Trinajstić information content (AvgIpc) is 3.41. The number of fused-ring (bicyclic) bond motifs is 1. The number of methoxy groups -OCH3 is 1. The number of carbonyl (C=O) groups is 1. The van der Waals surface area contributed by atoms with Gasteiger partial charge in [-0.05, 0) is 87.4 Å². The highest BCUT2D eigenvalue weighted by molar-refractivity contribution is 7.07. The highest BCUT2D eigenvalue weighted by Gasteiger charge is 2.33. The number of thiazole rings is 1. The Kier molecular flexibility index (Phi) is 7.73. The van der Waals surface area contributed by atoms with E-state index in [-0.39, 0.29) is 12.2 Å². The van der Waals surface area contributed by atoms with Crippen LogP contribution in [0.3, 0.4) is 0 Å². The molecule has 0 bridgehead atoms. The number of benzene rings is 2. The Hall–Kier alpha value is -4.37. The zero-order valence-corrected chi connectivity index (χ0v) is 25.2. The van der Waals surface area contributed by atoms with Crippen molar-refractivity contribution in [3.05, 3.63) is 108 Å². The van der Waals surface area contributed by atoms with E-state index in [0.29, 0.717) is 26.4 Å². The zero-order chi connectivity index (χ0) is 29.4. The fourth-order valence-electron chi connectivity index (χ4n) is 5.29. The van der Waals surface area contributed by atoms with Crippen molar-refractivity contribution in [1.82, 2.24) is 9.13 Å².